The first-order chi connectivity index (χ1) is 19.0. The van der Waals surface area contributed by atoms with Gasteiger partial charge >= 0.3 is 18.2 Å². The number of fused-ring (bicyclic) bond motifs is 3. The molecule has 0 spiro atoms. The van der Waals surface area contributed by atoms with Crippen molar-refractivity contribution in [3.8, 4) is 11.1 Å². The third-order valence-corrected chi connectivity index (χ3v) is 7.88. The molecule has 0 bridgehead atoms. The highest BCUT2D eigenvalue weighted by Crippen LogP contribution is 2.44. The molecule has 1 heterocycles. The van der Waals surface area contributed by atoms with Gasteiger partial charge in [0.05, 0.1) is 6.10 Å². The number of amides is 2. The van der Waals surface area contributed by atoms with Crippen LogP contribution >= 0.6 is 0 Å². The van der Waals surface area contributed by atoms with Crippen LogP contribution in [0.1, 0.15) is 64.0 Å². The van der Waals surface area contributed by atoms with Crippen molar-refractivity contribution in [3.63, 3.8) is 0 Å². The molecule has 2 aromatic carbocycles. The average molecular weight is 553 g/mol. The van der Waals surface area contributed by atoms with Gasteiger partial charge in [0.15, 0.2) is 0 Å². The lowest BCUT2D eigenvalue weighted by Gasteiger charge is -2.45. The summed E-state index contributed by atoms with van der Waals surface area (Å²) in [6.07, 6.45) is -0.798. The van der Waals surface area contributed by atoms with Crippen LogP contribution in [0.5, 0.6) is 0 Å². The quantitative estimate of drug-likeness (QED) is 0.460. The van der Waals surface area contributed by atoms with Crippen LogP contribution < -0.4 is 0 Å². The number of benzene rings is 2. The van der Waals surface area contributed by atoms with Crippen LogP contribution in [-0.2, 0) is 19.0 Å². The third kappa shape index (κ3) is 6.09. The summed E-state index contributed by atoms with van der Waals surface area (Å²) in [6, 6.07) is 16.1. The monoisotopic (exact) mass is 552 g/mol. The third-order valence-electron chi connectivity index (χ3n) is 7.88. The molecule has 1 atom stereocenters. The summed E-state index contributed by atoms with van der Waals surface area (Å²) in [4.78, 5) is 42.0. The lowest BCUT2D eigenvalue weighted by atomic mass is 9.85. The van der Waals surface area contributed by atoms with Crippen molar-refractivity contribution in [1.82, 2.24) is 9.80 Å². The molecule has 1 fully saturated rings. The van der Waals surface area contributed by atoms with Gasteiger partial charge in [-0.1, -0.05) is 48.5 Å². The number of methoxy groups -OCH3 is 1. The second kappa shape index (κ2) is 11.9. The number of carbonyl (C=O) groups is 3. The molecule has 40 heavy (non-hydrogen) atoms. The Balaban J connectivity index is 1.54. The van der Waals surface area contributed by atoms with Crippen molar-refractivity contribution >= 4 is 18.2 Å². The number of aliphatic carboxylic acids is 1. The minimum absolute atomic E-state index is 0.0626. The summed E-state index contributed by atoms with van der Waals surface area (Å²) in [7, 11) is 1.58. The van der Waals surface area contributed by atoms with E-state index in [9.17, 15) is 19.5 Å². The number of carboxylic acids is 1. The minimum Gasteiger partial charge on any atom is -0.479 e. The summed E-state index contributed by atoms with van der Waals surface area (Å²) in [5.74, 6) is -1.26. The van der Waals surface area contributed by atoms with Crippen LogP contribution in [0.15, 0.2) is 48.5 Å². The number of hydrogen-bond donors (Lipinski definition) is 1. The second-order valence-electron chi connectivity index (χ2n) is 11.6. The highest BCUT2D eigenvalue weighted by atomic mass is 16.6. The van der Waals surface area contributed by atoms with E-state index in [2.05, 4.69) is 12.1 Å². The van der Waals surface area contributed by atoms with Crippen LogP contribution in [0.25, 0.3) is 11.1 Å². The molecule has 9 heteroatoms. The zero-order valence-electron chi connectivity index (χ0n) is 24.0. The molecule has 2 aliphatic rings. The number of carboxylic acid groups (broad SMARTS) is 1. The van der Waals surface area contributed by atoms with E-state index in [1.165, 1.54) is 9.80 Å². The fourth-order valence-corrected chi connectivity index (χ4v) is 5.57. The van der Waals surface area contributed by atoms with Crippen LogP contribution in [0.3, 0.4) is 0 Å². The number of carbonyl (C=O) groups excluding carboxylic acids is 2. The molecule has 1 aliphatic heterocycles. The second-order valence-corrected chi connectivity index (χ2v) is 11.6. The van der Waals surface area contributed by atoms with Gasteiger partial charge in [-0.25, -0.2) is 14.4 Å². The van der Waals surface area contributed by atoms with Crippen LogP contribution in [-0.4, -0.2) is 83.7 Å². The largest absolute Gasteiger partial charge is 0.479 e. The molecule has 9 nitrogen and oxygen atoms in total. The summed E-state index contributed by atoms with van der Waals surface area (Å²) in [5, 5.41) is 10.5. The summed E-state index contributed by atoms with van der Waals surface area (Å²) >= 11 is 0. The van der Waals surface area contributed by atoms with E-state index in [4.69, 9.17) is 14.2 Å². The Hall–Kier alpha value is -3.59. The summed E-state index contributed by atoms with van der Waals surface area (Å²) in [6.45, 7) is 7.74. The maximum absolute atomic E-state index is 13.7. The Kier molecular flexibility index (Phi) is 8.73. The van der Waals surface area contributed by atoms with E-state index in [0.29, 0.717) is 6.42 Å². The molecular formula is C31H40N2O7. The molecule has 0 aromatic heterocycles. The molecule has 2 aromatic rings. The SMILES string of the molecule is COC(C)CCN(C(=O)OCC1c2ccccc2-c2ccccc21)C1(C(=O)O)CCN(C(=O)OC(C)(C)C)CC1. The maximum Gasteiger partial charge on any atom is 0.410 e. The predicted molar refractivity (Wildman–Crippen MR) is 150 cm³/mol. The number of piperidine rings is 1. The lowest BCUT2D eigenvalue weighted by Crippen LogP contribution is -2.63. The van der Waals surface area contributed by atoms with Gasteiger partial charge in [0.2, 0.25) is 0 Å². The van der Waals surface area contributed by atoms with Gasteiger partial charge in [0.1, 0.15) is 17.7 Å². The first-order valence-electron chi connectivity index (χ1n) is 13.8. The number of ether oxygens (including phenoxy) is 3. The van der Waals surface area contributed by atoms with Gasteiger partial charge in [-0.05, 0) is 69.2 Å². The fourth-order valence-electron chi connectivity index (χ4n) is 5.57. The van der Waals surface area contributed by atoms with Gasteiger partial charge < -0.3 is 24.2 Å². The molecule has 1 N–H and O–H groups in total. The first kappa shape index (κ1) is 29.4. The fraction of sp³-hybridized carbons (Fsp3) is 0.516. The first-order valence-corrected chi connectivity index (χ1v) is 13.8. The number of likely N-dealkylation sites (tertiary alicyclic amines) is 1. The molecule has 1 saturated heterocycles. The smallest absolute Gasteiger partial charge is 0.410 e. The van der Waals surface area contributed by atoms with Gasteiger partial charge in [0.25, 0.3) is 0 Å². The topological polar surface area (TPSA) is 106 Å². The molecule has 0 radical (unpaired) electrons. The number of hydrogen-bond acceptors (Lipinski definition) is 6. The number of rotatable bonds is 8. The van der Waals surface area contributed by atoms with Crippen molar-refractivity contribution < 1.29 is 33.7 Å². The van der Waals surface area contributed by atoms with Gasteiger partial charge in [-0.2, -0.15) is 0 Å². The lowest BCUT2D eigenvalue weighted by molar-refractivity contribution is -0.154. The van der Waals surface area contributed by atoms with E-state index in [1.54, 1.807) is 27.9 Å². The minimum atomic E-state index is -1.52. The van der Waals surface area contributed by atoms with E-state index in [1.807, 2.05) is 43.3 Å². The summed E-state index contributed by atoms with van der Waals surface area (Å²) in [5.41, 5.74) is 2.20. The van der Waals surface area contributed by atoms with Gasteiger partial charge in [-0.3, -0.25) is 4.90 Å². The Labute approximate surface area is 236 Å². The summed E-state index contributed by atoms with van der Waals surface area (Å²) < 4.78 is 16.8. The molecule has 1 unspecified atom stereocenters. The standard InChI is InChI=1S/C31H40N2O7/c1-21(38-5)14-17-33(31(27(34)35)15-18-32(19-16-31)28(36)40-30(2,3)4)29(37)39-20-26-24-12-8-6-10-22(24)23-11-7-9-13-25(23)26/h6-13,21,26H,14-20H2,1-5H3,(H,34,35). The number of nitrogens with zero attached hydrogens (tertiary/aromatic N) is 2. The molecule has 4 rings (SSSR count). The zero-order valence-corrected chi connectivity index (χ0v) is 24.0. The van der Waals surface area contributed by atoms with Crippen LogP contribution in [0, 0.1) is 0 Å². The van der Waals surface area contributed by atoms with Crippen LogP contribution in [0.4, 0.5) is 9.59 Å². The Morgan fingerprint density at radius 2 is 1.57 bits per heavy atom. The van der Waals surface area contributed by atoms with E-state index in [0.717, 1.165) is 22.3 Å². The van der Waals surface area contributed by atoms with Crippen LogP contribution in [0.2, 0.25) is 0 Å². The van der Waals surface area contributed by atoms with E-state index in [-0.39, 0.29) is 51.1 Å². The maximum atomic E-state index is 13.7. The zero-order chi connectivity index (χ0) is 29.1. The van der Waals surface area contributed by atoms with Crippen molar-refractivity contribution in [2.75, 3.05) is 33.4 Å². The molecule has 2 amide bonds. The van der Waals surface area contributed by atoms with Gasteiger partial charge in [0, 0.05) is 32.7 Å². The Morgan fingerprint density at radius 1 is 1.02 bits per heavy atom. The van der Waals surface area contributed by atoms with Crippen molar-refractivity contribution in [2.45, 2.75) is 70.1 Å². The molecular weight excluding hydrogens is 512 g/mol. The Bertz CT molecular complexity index is 1180. The molecule has 216 valence electrons. The highest BCUT2D eigenvalue weighted by Gasteiger charge is 2.50. The molecule has 0 saturated carbocycles. The normalized spacial score (nSPS) is 17.0. The van der Waals surface area contributed by atoms with Gasteiger partial charge in [-0.15, -0.1) is 0 Å². The van der Waals surface area contributed by atoms with E-state index >= 15 is 0 Å². The van der Waals surface area contributed by atoms with Crippen molar-refractivity contribution in [3.05, 3.63) is 59.7 Å². The van der Waals surface area contributed by atoms with Crippen molar-refractivity contribution in [2.24, 2.45) is 0 Å². The highest BCUT2D eigenvalue weighted by molar-refractivity contribution is 5.85. The van der Waals surface area contributed by atoms with E-state index < -0.39 is 29.3 Å². The predicted octanol–water partition coefficient (Wildman–Crippen LogP) is 5.52. The Morgan fingerprint density at radius 3 is 2.08 bits per heavy atom. The average Bonchev–Trinajstić information content (AvgIpc) is 3.24. The van der Waals surface area contributed by atoms with Crippen molar-refractivity contribution in [1.29, 1.82) is 0 Å². The molecule has 1 aliphatic carbocycles.